The summed E-state index contributed by atoms with van der Waals surface area (Å²) in [7, 11) is 0. The molecule has 1 rings (SSSR count). The van der Waals surface area contributed by atoms with Gasteiger partial charge in [-0.1, -0.05) is 12.8 Å². The lowest BCUT2D eigenvalue weighted by Crippen LogP contribution is -2.49. The molecule has 1 fully saturated rings. The maximum Gasteiger partial charge on any atom is 0.312 e. The van der Waals surface area contributed by atoms with Crippen molar-refractivity contribution in [3.63, 3.8) is 0 Å². The third-order valence-corrected chi connectivity index (χ3v) is 3.52. The van der Waals surface area contributed by atoms with Crippen molar-refractivity contribution in [1.29, 1.82) is 0 Å². The van der Waals surface area contributed by atoms with Crippen molar-refractivity contribution < 1.29 is 14.4 Å². The second-order valence-electron chi connectivity index (χ2n) is 4.33. The summed E-state index contributed by atoms with van der Waals surface area (Å²) in [4.78, 5) is 28.0. The third-order valence-electron chi connectivity index (χ3n) is 2.87. The first-order valence-corrected chi connectivity index (χ1v) is 7.53. The molecule has 0 heterocycles. The second kappa shape index (κ2) is 8.20. The number of urea groups is 1. The molecule has 1 aliphatic rings. The van der Waals surface area contributed by atoms with Crippen LogP contribution in [0.3, 0.4) is 0 Å². The molecule has 0 radical (unpaired) electrons. The first-order valence-electron chi connectivity index (χ1n) is 6.14. The normalized spacial score (nSPS) is 17.4. The molecule has 0 bridgehead atoms. The molecule has 3 amide bonds. The molecule has 1 unspecified atom stereocenters. The van der Waals surface area contributed by atoms with Crippen molar-refractivity contribution in [1.82, 2.24) is 10.8 Å². The van der Waals surface area contributed by atoms with E-state index in [0.717, 1.165) is 31.4 Å². The van der Waals surface area contributed by atoms with Crippen LogP contribution in [0.25, 0.3) is 0 Å². The average Bonchev–Trinajstić information content (AvgIpc) is 2.84. The zero-order valence-corrected chi connectivity index (χ0v) is 11.4. The van der Waals surface area contributed by atoms with Crippen LogP contribution in [0.15, 0.2) is 0 Å². The smallest absolute Gasteiger partial charge is 0.312 e. The molecule has 18 heavy (non-hydrogen) atoms. The van der Waals surface area contributed by atoms with E-state index in [2.05, 4.69) is 10.8 Å². The maximum atomic E-state index is 11.8. The van der Waals surface area contributed by atoms with Gasteiger partial charge in [0.2, 0.25) is 0 Å². The number of primary amides is 1. The molecule has 0 aromatic carbocycles. The average molecular weight is 275 g/mol. The van der Waals surface area contributed by atoms with Gasteiger partial charge >= 0.3 is 6.03 Å². The highest BCUT2D eigenvalue weighted by atomic mass is 32.2. The Morgan fingerprint density at radius 1 is 1.44 bits per heavy atom. The first-order chi connectivity index (χ1) is 8.63. The molecule has 0 spiro atoms. The Hall–Kier alpha value is -0.950. The van der Waals surface area contributed by atoms with Gasteiger partial charge in [-0.05, 0) is 31.3 Å². The number of rotatable bonds is 7. The summed E-state index contributed by atoms with van der Waals surface area (Å²) >= 11 is 1.60. The second-order valence-corrected chi connectivity index (χ2v) is 5.32. The van der Waals surface area contributed by atoms with Gasteiger partial charge in [-0.2, -0.15) is 11.8 Å². The van der Waals surface area contributed by atoms with Gasteiger partial charge in [0.25, 0.3) is 5.91 Å². The Balaban J connectivity index is 2.34. The quantitative estimate of drug-likeness (QED) is 0.598. The van der Waals surface area contributed by atoms with Crippen LogP contribution in [0.2, 0.25) is 0 Å². The molecule has 1 aliphatic carbocycles. The number of carbonyl (C=O) groups is 2. The molecule has 0 aromatic heterocycles. The fraction of sp³-hybridized carbons (Fsp3) is 0.818. The molecule has 1 saturated carbocycles. The molecule has 0 aliphatic heterocycles. The Morgan fingerprint density at radius 2 is 2.11 bits per heavy atom. The van der Waals surface area contributed by atoms with Crippen LogP contribution >= 0.6 is 11.8 Å². The molecule has 1 atom stereocenters. The topological polar surface area (TPSA) is 93.5 Å². The van der Waals surface area contributed by atoms with Crippen molar-refractivity contribution in [2.24, 2.45) is 5.73 Å². The van der Waals surface area contributed by atoms with Crippen LogP contribution in [0.1, 0.15) is 32.1 Å². The van der Waals surface area contributed by atoms with E-state index < -0.39 is 12.1 Å². The van der Waals surface area contributed by atoms with Gasteiger partial charge < -0.3 is 11.1 Å². The fourth-order valence-electron chi connectivity index (χ4n) is 1.89. The highest BCUT2D eigenvalue weighted by molar-refractivity contribution is 7.98. The van der Waals surface area contributed by atoms with Crippen LogP contribution in [0.4, 0.5) is 4.79 Å². The zero-order chi connectivity index (χ0) is 13.4. The van der Waals surface area contributed by atoms with Gasteiger partial charge in [0.1, 0.15) is 6.04 Å². The lowest BCUT2D eigenvalue weighted by molar-refractivity contribution is -0.140. The van der Waals surface area contributed by atoms with Crippen LogP contribution in [-0.4, -0.2) is 36.1 Å². The van der Waals surface area contributed by atoms with E-state index >= 15 is 0 Å². The van der Waals surface area contributed by atoms with Crippen LogP contribution in [0.5, 0.6) is 0 Å². The monoisotopic (exact) mass is 275 g/mol. The summed E-state index contributed by atoms with van der Waals surface area (Å²) in [5.74, 6) is 0.427. The molecule has 6 nitrogen and oxygen atoms in total. The number of hydrogen-bond acceptors (Lipinski definition) is 4. The minimum Gasteiger partial charge on any atom is -0.352 e. The Bertz CT molecular complexity index is 283. The molecule has 7 heteroatoms. The summed E-state index contributed by atoms with van der Waals surface area (Å²) in [6.45, 7) is 0. The number of carbonyl (C=O) groups excluding carboxylic acids is 2. The van der Waals surface area contributed by atoms with E-state index in [1.807, 2.05) is 6.26 Å². The van der Waals surface area contributed by atoms with Gasteiger partial charge in [0.15, 0.2) is 0 Å². The molecular weight excluding hydrogens is 254 g/mol. The predicted molar refractivity (Wildman–Crippen MR) is 71.0 cm³/mol. The van der Waals surface area contributed by atoms with Crippen LogP contribution < -0.4 is 16.5 Å². The van der Waals surface area contributed by atoms with Crippen molar-refractivity contribution in [2.75, 3.05) is 12.0 Å². The standard InChI is InChI=1S/C11H21N3O3S/c1-18-7-6-9(13-11(12)16)10(15)14-17-8-4-2-3-5-8/h8-9H,2-7H2,1H3,(H,14,15)(H3,12,13,16). The minimum absolute atomic E-state index is 0.101. The number of hydrogen-bond donors (Lipinski definition) is 3. The Kier molecular flexibility index (Phi) is 6.89. The number of nitrogens with two attached hydrogens (primary N) is 1. The minimum atomic E-state index is -0.697. The maximum absolute atomic E-state index is 11.8. The van der Waals surface area contributed by atoms with E-state index in [0.29, 0.717) is 6.42 Å². The SMILES string of the molecule is CSCCC(NC(N)=O)C(=O)NOC1CCCC1. The molecular formula is C11H21N3O3S. The van der Waals surface area contributed by atoms with Gasteiger partial charge in [-0.15, -0.1) is 0 Å². The van der Waals surface area contributed by atoms with Crippen molar-refractivity contribution >= 4 is 23.7 Å². The van der Waals surface area contributed by atoms with E-state index in [9.17, 15) is 9.59 Å². The number of amides is 3. The van der Waals surface area contributed by atoms with Crippen molar-refractivity contribution in [3.05, 3.63) is 0 Å². The van der Waals surface area contributed by atoms with Crippen molar-refractivity contribution in [2.45, 2.75) is 44.2 Å². The van der Waals surface area contributed by atoms with E-state index in [-0.39, 0.29) is 12.0 Å². The highest BCUT2D eigenvalue weighted by Crippen LogP contribution is 2.19. The molecule has 0 saturated heterocycles. The molecule has 104 valence electrons. The van der Waals surface area contributed by atoms with E-state index in [1.54, 1.807) is 11.8 Å². The number of hydroxylamine groups is 1. The molecule has 0 aromatic rings. The number of thioether (sulfide) groups is 1. The number of nitrogens with one attached hydrogen (secondary N) is 2. The lowest BCUT2D eigenvalue weighted by Gasteiger charge is -2.18. The van der Waals surface area contributed by atoms with E-state index in [1.165, 1.54) is 0 Å². The van der Waals surface area contributed by atoms with Gasteiger partial charge in [0.05, 0.1) is 6.10 Å². The van der Waals surface area contributed by atoms with Crippen LogP contribution in [0, 0.1) is 0 Å². The largest absolute Gasteiger partial charge is 0.352 e. The van der Waals surface area contributed by atoms with Gasteiger partial charge in [-0.25, -0.2) is 10.3 Å². The zero-order valence-electron chi connectivity index (χ0n) is 10.6. The summed E-state index contributed by atoms with van der Waals surface area (Å²) < 4.78 is 0. The highest BCUT2D eigenvalue weighted by Gasteiger charge is 2.22. The summed E-state index contributed by atoms with van der Waals surface area (Å²) in [5.41, 5.74) is 7.46. The Morgan fingerprint density at radius 3 is 2.67 bits per heavy atom. The summed E-state index contributed by atoms with van der Waals surface area (Å²) in [6.07, 6.45) is 6.78. The van der Waals surface area contributed by atoms with E-state index in [4.69, 9.17) is 10.6 Å². The van der Waals surface area contributed by atoms with Gasteiger partial charge in [0, 0.05) is 0 Å². The van der Waals surface area contributed by atoms with Gasteiger partial charge in [-0.3, -0.25) is 9.63 Å². The summed E-state index contributed by atoms with van der Waals surface area (Å²) in [5, 5.41) is 2.42. The third kappa shape index (κ3) is 5.59. The first kappa shape index (κ1) is 15.1. The van der Waals surface area contributed by atoms with Crippen molar-refractivity contribution in [3.8, 4) is 0 Å². The Labute approximate surface area is 111 Å². The molecule has 4 N–H and O–H groups in total. The lowest BCUT2D eigenvalue weighted by atomic mass is 10.2. The fourth-order valence-corrected chi connectivity index (χ4v) is 2.37. The van der Waals surface area contributed by atoms with Crippen LogP contribution in [-0.2, 0) is 9.63 Å². The predicted octanol–water partition coefficient (Wildman–Crippen LogP) is 0.767. The summed E-state index contributed by atoms with van der Waals surface area (Å²) in [6, 6.07) is -1.33.